The summed E-state index contributed by atoms with van der Waals surface area (Å²) in [6, 6.07) is 10.2. The lowest BCUT2D eigenvalue weighted by Gasteiger charge is -2.24. The van der Waals surface area contributed by atoms with E-state index in [1.54, 1.807) is 6.07 Å². The summed E-state index contributed by atoms with van der Waals surface area (Å²) in [5, 5.41) is 9.52. The highest BCUT2D eigenvalue weighted by Crippen LogP contribution is 2.37. The van der Waals surface area contributed by atoms with Crippen molar-refractivity contribution in [3.05, 3.63) is 77.4 Å². The third-order valence-electron chi connectivity index (χ3n) is 4.22. The Bertz CT molecular complexity index is 988. The molecule has 0 spiro atoms. The smallest absolute Gasteiger partial charge is 0.191 e. The van der Waals surface area contributed by atoms with E-state index in [0.717, 1.165) is 17.0 Å². The fourth-order valence-electron chi connectivity index (χ4n) is 2.81. The lowest BCUT2D eigenvalue weighted by atomic mass is 10.0. The van der Waals surface area contributed by atoms with E-state index in [2.05, 4.69) is 0 Å². The number of hydrogen-bond donors (Lipinski definition) is 1. The van der Waals surface area contributed by atoms with Crippen LogP contribution in [0.25, 0.3) is 11.1 Å². The molecule has 2 nitrogen and oxygen atoms in total. The molecule has 1 N–H and O–H groups in total. The quantitative estimate of drug-likeness (QED) is 0.606. The summed E-state index contributed by atoms with van der Waals surface area (Å²) in [4.78, 5) is 1.12. The van der Waals surface area contributed by atoms with Gasteiger partial charge in [-0.3, -0.25) is 0 Å². The van der Waals surface area contributed by atoms with Crippen LogP contribution in [0.1, 0.15) is 5.56 Å². The second-order valence-corrected chi connectivity index (χ2v) is 5.90. The minimum absolute atomic E-state index is 0.162. The van der Waals surface area contributed by atoms with Gasteiger partial charge in [-0.15, -0.1) is 0 Å². The van der Waals surface area contributed by atoms with Crippen molar-refractivity contribution in [2.45, 2.75) is 6.92 Å². The van der Waals surface area contributed by atoms with Gasteiger partial charge in [0, 0.05) is 18.3 Å². The second kappa shape index (κ2) is 6.71. The van der Waals surface area contributed by atoms with Gasteiger partial charge in [-0.1, -0.05) is 12.1 Å². The summed E-state index contributed by atoms with van der Waals surface area (Å²) in [7, 11) is 1.36. The number of aromatic hydroxyl groups is 1. The largest absolute Gasteiger partial charge is 0.505 e. The molecule has 3 aromatic carbocycles. The first kappa shape index (κ1) is 17.8. The predicted octanol–water partition coefficient (Wildman–Crippen LogP) is 5.69. The van der Waals surface area contributed by atoms with Crippen molar-refractivity contribution in [3.8, 4) is 16.9 Å². The zero-order chi connectivity index (χ0) is 19.0. The van der Waals surface area contributed by atoms with Crippen molar-refractivity contribution in [3.63, 3.8) is 0 Å². The van der Waals surface area contributed by atoms with Gasteiger partial charge in [-0.2, -0.15) is 0 Å². The number of rotatable bonds is 3. The fraction of sp³-hybridized carbons (Fsp3) is 0.100. The lowest BCUT2D eigenvalue weighted by Crippen LogP contribution is -2.15. The standard InChI is InChI=1S/C20H15F4NO/c1-11-16(23)9-13(12-4-3-5-14(21)8-12)10-17(11)25(2)20-15(22)6-7-18(26)19(20)24/h3-10,26H,1-2H3. The molecule has 0 aromatic heterocycles. The Hall–Kier alpha value is -3.02. The summed E-state index contributed by atoms with van der Waals surface area (Å²) < 4.78 is 56.3. The van der Waals surface area contributed by atoms with E-state index in [9.17, 15) is 22.7 Å². The van der Waals surface area contributed by atoms with Crippen molar-refractivity contribution >= 4 is 11.4 Å². The van der Waals surface area contributed by atoms with E-state index in [1.165, 1.54) is 44.3 Å². The summed E-state index contributed by atoms with van der Waals surface area (Å²) in [5.74, 6) is -3.85. The molecule has 0 unspecified atom stereocenters. The minimum atomic E-state index is -1.15. The maximum absolute atomic E-state index is 14.4. The number of anilines is 2. The van der Waals surface area contributed by atoms with Gasteiger partial charge in [0.1, 0.15) is 23.1 Å². The Kier molecular flexibility index (Phi) is 4.59. The van der Waals surface area contributed by atoms with E-state index < -0.39 is 34.7 Å². The van der Waals surface area contributed by atoms with E-state index in [4.69, 9.17) is 0 Å². The van der Waals surface area contributed by atoms with Gasteiger partial charge in [0.2, 0.25) is 0 Å². The van der Waals surface area contributed by atoms with Crippen LogP contribution in [-0.2, 0) is 0 Å². The molecule has 0 atom stereocenters. The van der Waals surface area contributed by atoms with Crippen molar-refractivity contribution in [2.24, 2.45) is 0 Å². The molecule has 0 saturated heterocycles. The number of phenolic OH excluding ortho intramolecular Hbond substituents is 1. The fourth-order valence-corrected chi connectivity index (χ4v) is 2.81. The molecule has 134 valence electrons. The number of nitrogens with zero attached hydrogens (tertiary/aromatic N) is 1. The van der Waals surface area contributed by atoms with Crippen LogP contribution in [0.15, 0.2) is 48.5 Å². The van der Waals surface area contributed by atoms with Gasteiger partial charge in [0.25, 0.3) is 0 Å². The maximum atomic E-state index is 14.4. The van der Waals surface area contributed by atoms with Crippen LogP contribution in [0.4, 0.5) is 28.9 Å². The Balaban J connectivity index is 2.18. The van der Waals surface area contributed by atoms with Crippen molar-refractivity contribution in [1.29, 1.82) is 0 Å². The molecular weight excluding hydrogens is 346 g/mol. The summed E-state index contributed by atoms with van der Waals surface area (Å²) >= 11 is 0. The third-order valence-corrected chi connectivity index (χ3v) is 4.22. The number of phenols is 1. The Morgan fingerprint density at radius 1 is 0.846 bits per heavy atom. The first-order valence-electron chi connectivity index (χ1n) is 7.76. The Labute approximate surface area is 147 Å². The monoisotopic (exact) mass is 361 g/mol. The Morgan fingerprint density at radius 3 is 2.27 bits per heavy atom. The van der Waals surface area contributed by atoms with Gasteiger partial charge < -0.3 is 10.0 Å². The second-order valence-electron chi connectivity index (χ2n) is 5.90. The van der Waals surface area contributed by atoms with E-state index in [1.807, 2.05) is 0 Å². The minimum Gasteiger partial charge on any atom is -0.505 e. The van der Waals surface area contributed by atoms with E-state index in [-0.39, 0.29) is 11.3 Å². The molecule has 26 heavy (non-hydrogen) atoms. The lowest BCUT2D eigenvalue weighted by molar-refractivity contribution is 0.429. The average molecular weight is 361 g/mol. The molecule has 6 heteroatoms. The van der Waals surface area contributed by atoms with Crippen LogP contribution in [0, 0.1) is 30.2 Å². The van der Waals surface area contributed by atoms with Crippen molar-refractivity contribution in [2.75, 3.05) is 11.9 Å². The van der Waals surface area contributed by atoms with Crippen LogP contribution in [-0.4, -0.2) is 12.2 Å². The van der Waals surface area contributed by atoms with Gasteiger partial charge in [0.05, 0.1) is 0 Å². The van der Waals surface area contributed by atoms with E-state index in [0.29, 0.717) is 11.1 Å². The maximum Gasteiger partial charge on any atom is 0.191 e. The SMILES string of the molecule is Cc1c(F)cc(-c2cccc(F)c2)cc1N(C)c1c(F)ccc(O)c1F. The molecule has 3 aromatic rings. The zero-order valence-corrected chi connectivity index (χ0v) is 14.0. The molecule has 0 bridgehead atoms. The molecule has 0 aliphatic carbocycles. The highest BCUT2D eigenvalue weighted by molar-refractivity contribution is 5.75. The van der Waals surface area contributed by atoms with Crippen LogP contribution in [0.5, 0.6) is 5.75 Å². The van der Waals surface area contributed by atoms with Crippen LogP contribution >= 0.6 is 0 Å². The highest BCUT2D eigenvalue weighted by Gasteiger charge is 2.21. The molecule has 0 aliphatic rings. The highest BCUT2D eigenvalue weighted by atomic mass is 19.1. The Morgan fingerprint density at radius 2 is 1.58 bits per heavy atom. The molecule has 3 rings (SSSR count). The van der Waals surface area contributed by atoms with Gasteiger partial charge in [0.15, 0.2) is 11.6 Å². The van der Waals surface area contributed by atoms with Crippen molar-refractivity contribution < 1.29 is 22.7 Å². The third kappa shape index (κ3) is 3.10. The van der Waals surface area contributed by atoms with Crippen molar-refractivity contribution in [1.82, 2.24) is 0 Å². The molecular formula is C20H15F4NO. The average Bonchev–Trinajstić information content (AvgIpc) is 2.60. The molecule has 0 heterocycles. The van der Waals surface area contributed by atoms with Gasteiger partial charge in [-0.25, -0.2) is 17.6 Å². The summed E-state index contributed by atoms with van der Waals surface area (Å²) in [6.45, 7) is 1.47. The molecule has 0 amide bonds. The normalized spacial score (nSPS) is 10.8. The van der Waals surface area contributed by atoms with Crippen LogP contribution in [0.2, 0.25) is 0 Å². The number of benzene rings is 3. The molecule has 0 aliphatic heterocycles. The summed E-state index contributed by atoms with van der Waals surface area (Å²) in [6.07, 6.45) is 0. The summed E-state index contributed by atoms with van der Waals surface area (Å²) in [5.41, 5.74) is 0.622. The number of hydrogen-bond acceptors (Lipinski definition) is 2. The van der Waals surface area contributed by atoms with Gasteiger partial charge >= 0.3 is 0 Å². The topological polar surface area (TPSA) is 23.5 Å². The van der Waals surface area contributed by atoms with Crippen LogP contribution in [0.3, 0.4) is 0 Å². The first-order chi connectivity index (χ1) is 12.3. The van der Waals surface area contributed by atoms with Crippen LogP contribution < -0.4 is 4.90 Å². The molecule has 0 radical (unpaired) electrons. The first-order valence-corrected chi connectivity index (χ1v) is 7.76. The van der Waals surface area contributed by atoms with Gasteiger partial charge in [-0.05, 0) is 54.4 Å². The molecule has 0 saturated carbocycles. The zero-order valence-electron chi connectivity index (χ0n) is 14.0. The number of halogens is 4. The predicted molar refractivity (Wildman–Crippen MR) is 92.6 cm³/mol. The van der Waals surface area contributed by atoms with E-state index >= 15 is 0 Å². The molecule has 0 fully saturated rings.